The van der Waals surface area contributed by atoms with Gasteiger partial charge in [-0.3, -0.25) is 9.59 Å². The summed E-state index contributed by atoms with van der Waals surface area (Å²) in [5.41, 5.74) is -0.899. The summed E-state index contributed by atoms with van der Waals surface area (Å²) < 4.78 is 0. The Morgan fingerprint density at radius 3 is 2.14 bits per heavy atom. The van der Waals surface area contributed by atoms with E-state index in [2.05, 4.69) is 5.32 Å². The molecule has 0 atom stereocenters. The average molecular weight is 292 g/mol. The summed E-state index contributed by atoms with van der Waals surface area (Å²) in [6, 6.07) is 9.32. The van der Waals surface area contributed by atoms with Gasteiger partial charge in [-0.25, -0.2) is 0 Å². The molecule has 0 unspecified atom stereocenters. The van der Waals surface area contributed by atoms with Gasteiger partial charge in [-0.05, 0) is 39.8 Å². The number of carboxylic acid groups (broad SMARTS) is 1. The van der Waals surface area contributed by atoms with Gasteiger partial charge >= 0.3 is 5.97 Å². The van der Waals surface area contributed by atoms with E-state index in [0.717, 1.165) is 5.69 Å². The van der Waals surface area contributed by atoms with Crippen molar-refractivity contribution in [3.63, 3.8) is 0 Å². The summed E-state index contributed by atoms with van der Waals surface area (Å²) in [6.07, 6.45) is 0. The summed E-state index contributed by atoms with van der Waals surface area (Å²) in [7, 11) is 1.70. The predicted octanol–water partition coefficient (Wildman–Crippen LogP) is 2.13. The molecule has 2 N–H and O–H groups in total. The van der Waals surface area contributed by atoms with Crippen LogP contribution < -0.4 is 10.2 Å². The Morgan fingerprint density at radius 1 is 1.14 bits per heavy atom. The molecule has 1 aromatic rings. The third kappa shape index (κ3) is 3.82. The first-order chi connectivity index (χ1) is 9.59. The molecule has 0 aliphatic heterocycles. The van der Waals surface area contributed by atoms with E-state index in [1.165, 1.54) is 0 Å². The topological polar surface area (TPSA) is 69.6 Å². The molecular weight excluding hydrogens is 268 g/mol. The van der Waals surface area contributed by atoms with E-state index < -0.39 is 16.9 Å². The van der Waals surface area contributed by atoms with Crippen molar-refractivity contribution in [1.29, 1.82) is 0 Å². The van der Waals surface area contributed by atoms with Crippen molar-refractivity contribution in [2.24, 2.45) is 5.41 Å². The first-order valence-electron chi connectivity index (χ1n) is 6.89. The van der Waals surface area contributed by atoms with Crippen molar-refractivity contribution >= 4 is 17.6 Å². The molecule has 0 saturated carbocycles. The van der Waals surface area contributed by atoms with Crippen LogP contribution in [0.1, 0.15) is 27.7 Å². The van der Waals surface area contributed by atoms with Gasteiger partial charge in [-0.15, -0.1) is 0 Å². The van der Waals surface area contributed by atoms with Gasteiger partial charge in [0.1, 0.15) is 0 Å². The highest BCUT2D eigenvalue weighted by molar-refractivity contribution is 5.94. The zero-order chi connectivity index (χ0) is 16.3. The van der Waals surface area contributed by atoms with Crippen molar-refractivity contribution in [3.05, 3.63) is 30.3 Å². The second kappa shape index (κ2) is 6.26. The lowest BCUT2D eigenvalue weighted by atomic mass is 9.74. The highest BCUT2D eigenvalue weighted by atomic mass is 16.4. The zero-order valence-corrected chi connectivity index (χ0v) is 13.3. The number of hydrogen-bond acceptors (Lipinski definition) is 3. The monoisotopic (exact) mass is 292 g/mol. The summed E-state index contributed by atoms with van der Waals surface area (Å²) in [5, 5.41) is 12.4. The summed E-state index contributed by atoms with van der Waals surface area (Å²) in [4.78, 5) is 25.1. The minimum atomic E-state index is -0.988. The lowest BCUT2D eigenvalue weighted by Crippen LogP contribution is -2.57. The maximum Gasteiger partial charge on any atom is 0.310 e. The lowest BCUT2D eigenvalue weighted by molar-refractivity contribution is -0.151. The molecule has 5 heteroatoms. The third-order valence-electron chi connectivity index (χ3n) is 4.30. The molecule has 0 aromatic heterocycles. The van der Waals surface area contributed by atoms with Crippen molar-refractivity contribution in [2.75, 3.05) is 18.5 Å². The Morgan fingerprint density at radius 2 is 1.67 bits per heavy atom. The molecule has 0 fully saturated rings. The molecule has 0 radical (unpaired) electrons. The maximum absolute atomic E-state index is 12.2. The van der Waals surface area contributed by atoms with Gasteiger partial charge in [0, 0.05) is 18.3 Å². The number of nitrogens with one attached hydrogen (secondary N) is 1. The fourth-order valence-corrected chi connectivity index (χ4v) is 1.70. The Hall–Kier alpha value is -1.88. The Labute approximate surface area is 126 Å². The van der Waals surface area contributed by atoms with E-state index in [1.807, 2.05) is 30.3 Å². The minimum absolute atomic E-state index is 0.0785. The molecule has 1 rings (SSSR count). The average Bonchev–Trinajstić information content (AvgIpc) is 2.44. The van der Waals surface area contributed by atoms with E-state index >= 15 is 0 Å². The quantitative estimate of drug-likeness (QED) is 0.842. The Bertz CT molecular complexity index is 510. The van der Waals surface area contributed by atoms with Gasteiger partial charge in [-0.1, -0.05) is 18.2 Å². The third-order valence-corrected chi connectivity index (χ3v) is 4.30. The molecule has 0 aliphatic carbocycles. The SMILES string of the molecule is CN(C(=O)CNC(C)(C)C(C)(C)C(=O)O)c1ccccc1. The van der Waals surface area contributed by atoms with Crippen molar-refractivity contribution in [3.8, 4) is 0 Å². The highest BCUT2D eigenvalue weighted by Crippen LogP contribution is 2.30. The first kappa shape index (κ1) is 17.2. The van der Waals surface area contributed by atoms with Crippen LogP contribution >= 0.6 is 0 Å². The predicted molar refractivity (Wildman–Crippen MR) is 83.4 cm³/mol. The first-order valence-corrected chi connectivity index (χ1v) is 6.89. The summed E-state index contributed by atoms with van der Waals surface area (Å²) in [6.45, 7) is 6.95. The van der Waals surface area contributed by atoms with Crippen LogP contribution in [0.3, 0.4) is 0 Å². The van der Waals surface area contributed by atoms with E-state index in [1.54, 1.807) is 39.6 Å². The molecule has 1 amide bonds. The second-order valence-corrected chi connectivity index (χ2v) is 6.20. The molecular formula is C16H24N2O3. The molecule has 0 saturated heterocycles. The number of carboxylic acids is 1. The number of hydrogen-bond donors (Lipinski definition) is 2. The highest BCUT2D eigenvalue weighted by Gasteiger charge is 2.43. The number of likely N-dealkylation sites (N-methyl/N-ethyl adjacent to an activating group) is 1. The normalized spacial score (nSPS) is 12.0. The Kier molecular flexibility index (Phi) is 5.12. The smallest absolute Gasteiger partial charge is 0.310 e. The van der Waals surface area contributed by atoms with Crippen LogP contribution in [0.2, 0.25) is 0 Å². The number of nitrogens with zero attached hydrogens (tertiary/aromatic N) is 1. The van der Waals surface area contributed by atoms with Gasteiger partial charge < -0.3 is 15.3 Å². The van der Waals surface area contributed by atoms with Gasteiger partial charge in [-0.2, -0.15) is 0 Å². The van der Waals surface area contributed by atoms with Gasteiger partial charge in [0.25, 0.3) is 0 Å². The number of carbonyl (C=O) groups is 2. The number of aliphatic carboxylic acids is 1. The fourth-order valence-electron chi connectivity index (χ4n) is 1.70. The Balaban J connectivity index is 2.71. The van der Waals surface area contributed by atoms with Crippen LogP contribution in [0, 0.1) is 5.41 Å². The molecule has 0 aliphatic rings. The largest absolute Gasteiger partial charge is 0.481 e. The van der Waals surface area contributed by atoms with Crippen LogP contribution in [0.5, 0.6) is 0 Å². The van der Waals surface area contributed by atoms with Crippen LogP contribution in [0.15, 0.2) is 30.3 Å². The van der Waals surface area contributed by atoms with Gasteiger partial charge in [0.2, 0.25) is 5.91 Å². The van der Waals surface area contributed by atoms with Gasteiger partial charge in [0.05, 0.1) is 12.0 Å². The van der Waals surface area contributed by atoms with Crippen LogP contribution in [-0.2, 0) is 9.59 Å². The van der Waals surface area contributed by atoms with Gasteiger partial charge in [0.15, 0.2) is 0 Å². The number of amides is 1. The maximum atomic E-state index is 12.2. The zero-order valence-electron chi connectivity index (χ0n) is 13.3. The summed E-state index contributed by atoms with van der Waals surface area (Å²) in [5.74, 6) is -1.01. The number of anilines is 1. The minimum Gasteiger partial charge on any atom is -0.481 e. The molecule has 0 bridgehead atoms. The van der Waals surface area contributed by atoms with Crippen molar-refractivity contribution < 1.29 is 14.7 Å². The molecule has 0 spiro atoms. The molecule has 5 nitrogen and oxygen atoms in total. The van der Waals surface area contributed by atoms with Crippen molar-refractivity contribution in [1.82, 2.24) is 5.32 Å². The molecule has 21 heavy (non-hydrogen) atoms. The van der Waals surface area contributed by atoms with Crippen LogP contribution in [0.4, 0.5) is 5.69 Å². The van der Waals surface area contributed by atoms with Crippen LogP contribution in [-0.4, -0.2) is 36.1 Å². The molecule has 1 aromatic carbocycles. The van der Waals surface area contributed by atoms with E-state index in [9.17, 15) is 14.7 Å². The van der Waals surface area contributed by atoms with E-state index in [4.69, 9.17) is 0 Å². The lowest BCUT2D eigenvalue weighted by Gasteiger charge is -2.39. The van der Waals surface area contributed by atoms with Crippen LogP contribution in [0.25, 0.3) is 0 Å². The number of para-hydroxylation sites is 1. The standard InChI is InChI=1S/C16H24N2O3/c1-15(2,14(20)21)16(3,4)17-11-13(19)18(5)12-9-7-6-8-10-12/h6-10,17H,11H2,1-5H3,(H,20,21). The number of rotatable bonds is 6. The number of benzene rings is 1. The fraction of sp³-hybridized carbons (Fsp3) is 0.500. The molecule has 116 valence electrons. The summed E-state index contributed by atoms with van der Waals surface area (Å²) >= 11 is 0. The number of carbonyl (C=O) groups excluding carboxylic acids is 1. The van der Waals surface area contributed by atoms with E-state index in [0.29, 0.717) is 0 Å². The molecule has 0 heterocycles. The van der Waals surface area contributed by atoms with E-state index in [-0.39, 0.29) is 12.5 Å². The second-order valence-electron chi connectivity index (χ2n) is 6.20. The van der Waals surface area contributed by atoms with Crippen molar-refractivity contribution in [2.45, 2.75) is 33.2 Å².